The average Bonchev–Trinajstić information content (AvgIpc) is 2.50. The summed E-state index contributed by atoms with van der Waals surface area (Å²) in [6, 6.07) is 0.346. The molecule has 0 spiro atoms. The fourth-order valence-electron chi connectivity index (χ4n) is 2.81. The Morgan fingerprint density at radius 3 is 1.19 bits per heavy atom. The molecular weight excluding hydrogens is 280 g/mol. The number of hydrogen-bond donors (Lipinski definition) is 0. The van der Waals surface area contributed by atoms with Crippen molar-refractivity contribution in [1.29, 1.82) is 0 Å². The van der Waals surface area contributed by atoms with Gasteiger partial charge < -0.3 is 4.74 Å². The van der Waals surface area contributed by atoms with Gasteiger partial charge in [-0.1, -0.05) is 115 Å². The van der Waals surface area contributed by atoms with Crippen LogP contribution in [0.4, 0.5) is 0 Å². The van der Waals surface area contributed by atoms with E-state index in [1.54, 1.807) is 0 Å². The summed E-state index contributed by atoms with van der Waals surface area (Å²) in [4.78, 5) is 0. The normalized spacial score (nSPS) is 11.1. The Hall–Kier alpha value is 0.250. The van der Waals surface area contributed by atoms with Crippen LogP contribution in [0.3, 0.4) is 0 Å². The summed E-state index contributed by atoms with van der Waals surface area (Å²) in [5.41, 5.74) is 0. The minimum Gasteiger partial charge on any atom is -0.366 e. The van der Waals surface area contributed by atoms with Gasteiger partial charge in [0.15, 0.2) is 0 Å². The van der Waals surface area contributed by atoms with Gasteiger partial charge in [0.05, 0.1) is 0 Å². The van der Waals surface area contributed by atoms with E-state index in [4.69, 9.17) is 16.3 Å². The Balaban J connectivity index is 2.90. The van der Waals surface area contributed by atoms with Gasteiger partial charge in [0.25, 0.3) is 0 Å². The quantitative estimate of drug-likeness (QED) is 0.188. The lowest BCUT2D eigenvalue weighted by atomic mass is 10.0. The number of rotatable bonds is 18. The summed E-state index contributed by atoms with van der Waals surface area (Å²) in [6.45, 7) is 3.12. The highest BCUT2D eigenvalue weighted by Gasteiger charge is 1.94. The fourth-order valence-corrected chi connectivity index (χ4v) is 2.92. The van der Waals surface area contributed by atoms with E-state index in [0.717, 1.165) is 6.61 Å². The third kappa shape index (κ3) is 20.2. The molecule has 0 unspecified atom stereocenters. The molecule has 21 heavy (non-hydrogen) atoms. The summed E-state index contributed by atoms with van der Waals surface area (Å²) in [7, 11) is 0. The predicted molar refractivity (Wildman–Crippen MR) is 96.2 cm³/mol. The molecule has 0 aromatic rings. The molecule has 0 fully saturated rings. The van der Waals surface area contributed by atoms with Crippen LogP contribution in [-0.4, -0.2) is 12.7 Å². The Kier molecular flexibility index (Phi) is 20.5. The molecule has 0 N–H and O–H groups in total. The summed E-state index contributed by atoms with van der Waals surface area (Å²) in [5.74, 6) is 0. The van der Waals surface area contributed by atoms with Gasteiger partial charge in [0.1, 0.15) is 6.07 Å². The van der Waals surface area contributed by atoms with Gasteiger partial charge in [0, 0.05) is 6.61 Å². The second-order valence-corrected chi connectivity index (χ2v) is 6.54. The number of hydrogen-bond acceptors (Lipinski definition) is 1. The van der Waals surface area contributed by atoms with E-state index in [1.165, 1.54) is 103 Å². The maximum Gasteiger partial charge on any atom is 0.120 e. The lowest BCUT2D eigenvalue weighted by Gasteiger charge is -2.03. The highest BCUT2D eigenvalue weighted by atomic mass is 35.5. The fraction of sp³-hybridized carbons (Fsp3) is 1.00. The van der Waals surface area contributed by atoms with Crippen LogP contribution in [0.1, 0.15) is 110 Å². The summed E-state index contributed by atoms with van der Waals surface area (Å²) < 4.78 is 5.12. The zero-order valence-electron chi connectivity index (χ0n) is 14.5. The van der Waals surface area contributed by atoms with Crippen molar-refractivity contribution < 1.29 is 4.74 Å². The van der Waals surface area contributed by atoms with Gasteiger partial charge in [-0.2, -0.15) is 0 Å². The Bertz CT molecular complexity index is 155. The van der Waals surface area contributed by atoms with Crippen molar-refractivity contribution in [2.24, 2.45) is 0 Å². The molecule has 0 saturated heterocycles. The molecule has 0 aliphatic carbocycles. The molecule has 0 heterocycles. The maximum atomic E-state index is 5.45. The van der Waals surface area contributed by atoms with Crippen molar-refractivity contribution in [3.63, 3.8) is 0 Å². The van der Waals surface area contributed by atoms with E-state index < -0.39 is 0 Å². The molecule has 0 aliphatic heterocycles. The van der Waals surface area contributed by atoms with Gasteiger partial charge in [0.2, 0.25) is 0 Å². The van der Waals surface area contributed by atoms with E-state index in [0.29, 0.717) is 6.07 Å². The van der Waals surface area contributed by atoms with E-state index in [-0.39, 0.29) is 0 Å². The highest BCUT2D eigenvalue weighted by Crippen LogP contribution is 2.13. The first kappa shape index (κ1) is 21.2. The number of alkyl halides is 1. The van der Waals surface area contributed by atoms with E-state index in [1.807, 2.05) is 0 Å². The van der Waals surface area contributed by atoms with Crippen LogP contribution in [0.2, 0.25) is 0 Å². The molecule has 2 heteroatoms. The molecule has 128 valence electrons. The van der Waals surface area contributed by atoms with Crippen molar-refractivity contribution in [1.82, 2.24) is 0 Å². The Morgan fingerprint density at radius 1 is 0.524 bits per heavy atom. The van der Waals surface area contributed by atoms with Crippen molar-refractivity contribution in [3.8, 4) is 0 Å². The zero-order valence-corrected chi connectivity index (χ0v) is 15.3. The molecule has 1 nitrogen and oxygen atoms in total. The van der Waals surface area contributed by atoms with Crippen molar-refractivity contribution in [3.05, 3.63) is 0 Å². The lowest BCUT2D eigenvalue weighted by molar-refractivity contribution is 0.173. The van der Waals surface area contributed by atoms with Gasteiger partial charge in [-0.05, 0) is 6.42 Å². The van der Waals surface area contributed by atoms with Crippen LogP contribution in [0.15, 0.2) is 0 Å². The van der Waals surface area contributed by atoms with Crippen LogP contribution >= 0.6 is 11.6 Å². The molecule has 0 amide bonds. The van der Waals surface area contributed by atoms with Crippen molar-refractivity contribution in [2.45, 2.75) is 110 Å². The van der Waals surface area contributed by atoms with Crippen LogP contribution < -0.4 is 0 Å². The molecule has 0 bridgehead atoms. The first-order valence-electron chi connectivity index (χ1n) is 9.55. The van der Waals surface area contributed by atoms with Gasteiger partial charge in [-0.25, -0.2) is 0 Å². The summed E-state index contributed by atoms with van der Waals surface area (Å²) >= 11 is 5.45. The number of halogens is 1. The minimum absolute atomic E-state index is 0.346. The smallest absolute Gasteiger partial charge is 0.120 e. The molecular formula is C19H39ClO. The van der Waals surface area contributed by atoms with Crippen LogP contribution in [0.5, 0.6) is 0 Å². The van der Waals surface area contributed by atoms with Crippen LogP contribution in [0, 0.1) is 0 Å². The number of ether oxygens (including phenoxy) is 1. The van der Waals surface area contributed by atoms with E-state index >= 15 is 0 Å². The Labute approximate surface area is 139 Å². The van der Waals surface area contributed by atoms with Crippen molar-refractivity contribution in [2.75, 3.05) is 12.7 Å². The first-order valence-corrected chi connectivity index (χ1v) is 10.1. The average molecular weight is 319 g/mol. The minimum atomic E-state index is 0.346. The molecule has 0 radical (unpaired) electrons. The van der Waals surface area contributed by atoms with Crippen molar-refractivity contribution >= 4 is 11.6 Å². The second kappa shape index (κ2) is 20.2. The molecule has 0 aromatic heterocycles. The molecule has 0 aromatic carbocycles. The summed E-state index contributed by atoms with van der Waals surface area (Å²) in [5, 5.41) is 0. The Morgan fingerprint density at radius 2 is 0.857 bits per heavy atom. The number of unbranched alkanes of at least 4 members (excludes halogenated alkanes) is 15. The highest BCUT2D eigenvalue weighted by molar-refractivity contribution is 6.17. The predicted octanol–water partition coefficient (Wildman–Crippen LogP) is 7.46. The topological polar surface area (TPSA) is 9.23 Å². The molecule has 0 atom stereocenters. The van der Waals surface area contributed by atoms with Crippen LogP contribution in [0.25, 0.3) is 0 Å². The monoisotopic (exact) mass is 318 g/mol. The third-order valence-corrected chi connectivity index (χ3v) is 4.37. The third-order valence-electron chi connectivity index (χ3n) is 4.22. The second-order valence-electron chi connectivity index (χ2n) is 6.32. The zero-order chi connectivity index (χ0) is 15.4. The molecule has 0 saturated carbocycles. The van der Waals surface area contributed by atoms with Gasteiger partial charge in [-0.15, -0.1) is 0 Å². The first-order chi connectivity index (χ1) is 10.4. The van der Waals surface area contributed by atoms with Crippen LogP contribution in [-0.2, 0) is 4.74 Å². The standard InChI is InChI=1S/C19H39ClO/c1-2-3-4-5-6-7-8-9-10-11-12-13-14-15-16-17-18-21-19-20/h2-19H2,1H3. The van der Waals surface area contributed by atoms with E-state index in [9.17, 15) is 0 Å². The summed E-state index contributed by atoms with van der Waals surface area (Å²) in [6.07, 6.45) is 22.6. The molecule has 0 aliphatic rings. The SMILES string of the molecule is CCCCCCCCCCCCCCCCCCOCCl. The molecule has 0 rings (SSSR count). The lowest BCUT2D eigenvalue weighted by Crippen LogP contribution is -1.91. The maximum absolute atomic E-state index is 5.45. The van der Waals surface area contributed by atoms with E-state index in [2.05, 4.69) is 6.92 Å². The van der Waals surface area contributed by atoms with Gasteiger partial charge in [-0.3, -0.25) is 0 Å². The van der Waals surface area contributed by atoms with Gasteiger partial charge >= 0.3 is 0 Å². The largest absolute Gasteiger partial charge is 0.366 e.